The minimum absolute atomic E-state index is 0.848. The fraction of sp³-hybridized carbons (Fsp3) is 0.950. The summed E-state index contributed by atoms with van der Waals surface area (Å²) in [5.41, 5.74) is 0. The molecule has 3 nitrogen and oxygen atoms in total. The van der Waals surface area contributed by atoms with Crippen LogP contribution in [0.3, 0.4) is 0 Å². The van der Waals surface area contributed by atoms with Gasteiger partial charge in [-0.25, -0.2) is 0 Å². The van der Waals surface area contributed by atoms with Crippen LogP contribution in [-0.2, 0) is 0 Å². The van der Waals surface area contributed by atoms with Gasteiger partial charge in [-0.2, -0.15) is 0 Å². The molecule has 0 radical (unpaired) electrons. The van der Waals surface area contributed by atoms with Gasteiger partial charge in [-0.05, 0) is 51.1 Å². The molecule has 0 rings (SSSR count). The van der Waals surface area contributed by atoms with Gasteiger partial charge in [0.05, 0.1) is 0 Å². The first kappa shape index (κ1) is 23.6. The minimum atomic E-state index is 0.848. The summed E-state index contributed by atoms with van der Waals surface area (Å²) >= 11 is 5.28. The second-order valence-corrected chi connectivity index (χ2v) is 7.54. The van der Waals surface area contributed by atoms with E-state index in [9.17, 15) is 0 Å². The molecule has 24 heavy (non-hydrogen) atoms. The van der Waals surface area contributed by atoms with Crippen LogP contribution >= 0.6 is 12.2 Å². The van der Waals surface area contributed by atoms with E-state index in [1.54, 1.807) is 0 Å². The second-order valence-electron chi connectivity index (χ2n) is 7.15. The lowest BCUT2D eigenvalue weighted by atomic mass is 10.1. The average molecular weight is 358 g/mol. The van der Waals surface area contributed by atoms with E-state index in [0.717, 1.165) is 11.7 Å². The molecule has 1 N–H and O–H groups in total. The maximum atomic E-state index is 5.28. The molecule has 0 heterocycles. The van der Waals surface area contributed by atoms with E-state index in [-0.39, 0.29) is 0 Å². The van der Waals surface area contributed by atoms with E-state index in [2.05, 4.69) is 24.1 Å². The molecule has 0 bridgehead atoms. The smallest absolute Gasteiger partial charge is 0.168 e. The van der Waals surface area contributed by atoms with Crippen molar-refractivity contribution >= 4 is 17.3 Å². The van der Waals surface area contributed by atoms with E-state index < -0.39 is 0 Å². The van der Waals surface area contributed by atoms with Crippen molar-refractivity contribution < 1.29 is 0 Å². The summed E-state index contributed by atoms with van der Waals surface area (Å²) in [5.74, 6) is 0. The van der Waals surface area contributed by atoms with Gasteiger partial charge in [-0.1, -0.05) is 65.2 Å². The van der Waals surface area contributed by atoms with Gasteiger partial charge in [-0.3, -0.25) is 0 Å². The maximum absolute atomic E-state index is 5.28. The standard InChI is InChI=1S/C20H43N3S/c1-5-7-9-11-12-14-18-23(17-13-10-8-6-2)19-15-16-21-20(24)22(3)4/h5-19H2,1-4H3,(H,21,24). The first-order valence-corrected chi connectivity index (χ1v) is 10.7. The lowest BCUT2D eigenvalue weighted by Gasteiger charge is -2.23. The van der Waals surface area contributed by atoms with E-state index in [4.69, 9.17) is 12.2 Å². The first-order valence-electron chi connectivity index (χ1n) is 10.3. The third-order valence-corrected chi connectivity index (χ3v) is 5.00. The van der Waals surface area contributed by atoms with Crippen molar-refractivity contribution in [3.63, 3.8) is 0 Å². The molecule has 0 spiro atoms. The predicted molar refractivity (Wildman–Crippen MR) is 113 cm³/mol. The van der Waals surface area contributed by atoms with Crippen LogP contribution in [-0.4, -0.2) is 55.2 Å². The number of thiocarbonyl (C=S) groups is 1. The number of nitrogens with one attached hydrogen (secondary N) is 1. The number of unbranched alkanes of at least 4 members (excludes halogenated alkanes) is 8. The summed E-state index contributed by atoms with van der Waals surface area (Å²) in [4.78, 5) is 4.64. The minimum Gasteiger partial charge on any atom is -0.363 e. The summed E-state index contributed by atoms with van der Waals surface area (Å²) in [6, 6.07) is 0. The van der Waals surface area contributed by atoms with E-state index in [0.29, 0.717) is 0 Å². The second kappa shape index (κ2) is 17.5. The van der Waals surface area contributed by atoms with E-state index in [1.165, 1.54) is 90.3 Å². The topological polar surface area (TPSA) is 18.5 Å². The van der Waals surface area contributed by atoms with E-state index in [1.807, 2.05) is 19.0 Å². The Morgan fingerprint density at radius 2 is 1.17 bits per heavy atom. The Balaban J connectivity index is 3.88. The summed E-state index contributed by atoms with van der Waals surface area (Å²) in [5, 5.41) is 4.18. The molecular weight excluding hydrogens is 314 g/mol. The van der Waals surface area contributed by atoms with E-state index >= 15 is 0 Å². The van der Waals surface area contributed by atoms with Crippen LogP contribution in [0.25, 0.3) is 0 Å². The summed E-state index contributed by atoms with van der Waals surface area (Å²) in [7, 11) is 3.99. The Morgan fingerprint density at radius 1 is 0.708 bits per heavy atom. The Hall–Kier alpha value is -0.350. The summed E-state index contributed by atoms with van der Waals surface area (Å²) < 4.78 is 0. The van der Waals surface area contributed by atoms with Crippen molar-refractivity contribution in [2.75, 3.05) is 40.3 Å². The molecule has 0 fully saturated rings. The Labute approximate surface area is 157 Å². The molecule has 0 saturated carbocycles. The van der Waals surface area contributed by atoms with Gasteiger partial charge in [0.2, 0.25) is 0 Å². The molecule has 0 aromatic rings. The molecule has 0 aliphatic carbocycles. The Kier molecular flexibility index (Phi) is 17.2. The summed E-state index contributed by atoms with van der Waals surface area (Å²) in [6.07, 6.45) is 14.9. The number of hydrogen-bond acceptors (Lipinski definition) is 2. The van der Waals surface area contributed by atoms with Crippen molar-refractivity contribution in [1.82, 2.24) is 15.1 Å². The molecule has 0 aliphatic rings. The van der Waals surface area contributed by atoms with Crippen LogP contribution in [0.5, 0.6) is 0 Å². The molecule has 0 atom stereocenters. The van der Waals surface area contributed by atoms with Crippen molar-refractivity contribution in [1.29, 1.82) is 0 Å². The average Bonchev–Trinajstić information content (AvgIpc) is 2.57. The largest absolute Gasteiger partial charge is 0.363 e. The van der Waals surface area contributed by atoms with Crippen LogP contribution in [0, 0.1) is 0 Å². The molecule has 0 aromatic heterocycles. The fourth-order valence-corrected chi connectivity index (χ4v) is 2.97. The quantitative estimate of drug-likeness (QED) is 0.307. The molecule has 0 unspecified atom stereocenters. The highest BCUT2D eigenvalue weighted by molar-refractivity contribution is 7.80. The normalized spacial score (nSPS) is 11.0. The van der Waals surface area contributed by atoms with Gasteiger partial charge in [0.1, 0.15) is 0 Å². The molecule has 0 amide bonds. The highest BCUT2D eigenvalue weighted by Gasteiger charge is 2.05. The zero-order valence-corrected chi connectivity index (χ0v) is 17.7. The number of nitrogens with zero attached hydrogens (tertiary/aromatic N) is 2. The van der Waals surface area contributed by atoms with Crippen LogP contribution in [0.4, 0.5) is 0 Å². The third-order valence-electron chi connectivity index (χ3n) is 4.49. The SMILES string of the molecule is CCCCCCCCN(CCCCCC)CCCNC(=S)N(C)C. The van der Waals surface area contributed by atoms with Gasteiger partial charge >= 0.3 is 0 Å². The third kappa shape index (κ3) is 15.2. The number of hydrogen-bond donors (Lipinski definition) is 1. The van der Waals surface area contributed by atoms with Crippen molar-refractivity contribution in [2.45, 2.75) is 84.5 Å². The Bertz CT molecular complexity index is 282. The molecular formula is C20H43N3S. The molecule has 4 heteroatoms. The maximum Gasteiger partial charge on any atom is 0.168 e. The fourth-order valence-electron chi connectivity index (χ4n) is 2.87. The monoisotopic (exact) mass is 357 g/mol. The van der Waals surface area contributed by atoms with Gasteiger partial charge in [0.25, 0.3) is 0 Å². The highest BCUT2D eigenvalue weighted by Crippen LogP contribution is 2.08. The van der Waals surface area contributed by atoms with Gasteiger partial charge < -0.3 is 15.1 Å². The van der Waals surface area contributed by atoms with Crippen LogP contribution in [0.15, 0.2) is 0 Å². The predicted octanol–water partition coefficient (Wildman–Crippen LogP) is 5.06. The van der Waals surface area contributed by atoms with Crippen molar-refractivity contribution in [3.05, 3.63) is 0 Å². The van der Waals surface area contributed by atoms with Gasteiger partial charge in [0.15, 0.2) is 5.11 Å². The zero-order valence-electron chi connectivity index (χ0n) is 16.9. The van der Waals surface area contributed by atoms with Crippen molar-refractivity contribution in [3.8, 4) is 0 Å². The van der Waals surface area contributed by atoms with Crippen LogP contribution < -0.4 is 5.32 Å². The van der Waals surface area contributed by atoms with Gasteiger partial charge in [-0.15, -0.1) is 0 Å². The zero-order chi connectivity index (χ0) is 18.0. The van der Waals surface area contributed by atoms with Crippen molar-refractivity contribution in [2.24, 2.45) is 0 Å². The molecule has 0 saturated heterocycles. The Morgan fingerprint density at radius 3 is 1.71 bits per heavy atom. The molecule has 0 aliphatic heterocycles. The lowest BCUT2D eigenvalue weighted by Crippen LogP contribution is -2.36. The van der Waals surface area contributed by atoms with Crippen LogP contribution in [0.1, 0.15) is 84.5 Å². The molecule has 144 valence electrons. The summed E-state index contributed by atoms with van der Waals surface area (Å²) in [6.45, 7) is 9.30. The first-order chi connectivity index (χ1) is 11.6. The number of rotatable bonds is 16. The van der Waals surface area contributed by atoms with Crippen LogP contribution in [0.2, 0.25) is 0 Å². The van der Waals surface area contributed by atoms with Gasteiger partial charge in [0, 0.05) is 20.6 Å². The lowest BCUT2D eigenvalue weighted by molar-refractivity contribution is 0.257. The highest BCUT2D eigenvalue weighted by atomic mass is 32.1. The molecule has 0 aromatic carbocycles.